The molecule has 20 heavy (non-hydrogen) atoms. The van der Waals surface area contributed by atoms with Gasteiger partial charge in [0.15, 0.2) is 0 Å². The molecule has 1 aliphatic rings. The molecule has 3 nitrogen and oxygen atoms in total. The van der Waals surface area contributed by atoms with Gasteiger partial charge >= 0.3 is 5.97 Å². The first-order valence-corrected chi connectivity index (χ1v) is 6.89. The van der Waals surface area contributed by atoms with Crippen molar-refractivity contribution >= 4 is 11.7 Å². The van der Waals surface area contributed by atoms with Gasteiger partial charge in [0, 0.05) is 0 Å². The van der Waals surface area contributed by atoms with E-state index in [0.717, 1.165) is 31.2 Å². The standard InChI is InChI=1S/C16H20FNO2/c1-10(2)20-16(19)12-5-3-11(4-6-12)13-7-8-15(18)14(17)9-13/h7-9,11-12H,1,3-6,18H2,2H3/t11-,12+. The second-order valence-corrected chi connectivity index (χ2v) is 5.45. The Morgan fingerprint density at radius 3 is 2.55 bits per heavy atom. The number of nitrogens with two attached hydrogens (primary N) is 1. The second kappa shape index (κ2) is 6.07. The Morgan fingerprint density at radius 1 is 1.35 bits per heavy atom. The number of anilines is 1. The Balaban J connectivity index is 1.95. The summed E-state index contributed by atoms with van der Waals surface area (Å²) in [5.41, 5.74) is 6.62. The molecule has 1 saturated carbocycles. The van der Waals surface area contributed by atoms with Crippen LogP contribution < -0.4 is 5.73 Å². The van der Waals surface area contributed by atoms with Crippen molar-refractivity contribution in [3.63, 3.8) is 0 Å². The third-order valence-electron chi connectivity index (χ3n) is 3.83. The largest absolute Gasteiger partial charge is 0.432 e. The van der Waals surface area contributed by atoms with Gasteiger partial charge in [0.1, 0.15) is 5.82 Å². The van der Waals surface area contributed by atoms with E-state index in [2.05, 4.69) is 6.58 Å². The first kappa shape index (κ1) is 14.6. The van der Waals surface area contributed by atoms with E-state index in [1.807, 2.05) is 6.07 Å². The van der Waals surface area contributed by atoms with Crippen LogP contribution in [-0.2, 0) is 9.53 Å². The minimum atomic E-state index is -0.369. The molecule has 0 amide bonds. The van der Waals surface area contributed by atoms with Crippen molar-refractivity contribution in [1.82, 2.24) is 0 Å². The summed E-state index contributed by atoms with van der Waals surface area (Å²) in [7, 11) is 0. The lowest BCUT2D eigenvalue weighted by atomic mass is 9.78. The lowest BCUT2D eigenvalue weighted by Gasteiger charge is -2.27. The van der Waals surface area contributed by atoms with E-state index in [1.165, 1.54) is 6.07 Å². The highest BCUT2D eigenvalue weighted by Crippen LogP contribution is 2.37. The number of nitrogen functional groups attached to an aromatic ring is 1. The average Bonchev–Trinajstić information content (AvgIpc) is 2.41. The lowest BCUT2D eigenvalue weighted by molar-refractivity contribution is -0.145. The van der Waals surface area contributed by atoms with Crippen LogP contribution in [0.4, 0.5) is 10.1 Å². The summed E-state index contributed by atoms with van der Waals surface area (Å²) in [4.78, 5) is 11.8. The van der Waals surface area contributed by atoms with Crippen molar-refractivity contribution in [1.29, 1.82) is 0 Å². The highest BCUT2D eigenvalue weighted by Gasteiger charge is 2.28. The predicted octanol–water partition coefficient (Wildman–Crippen LogP) is 3.76. The molecule has 4 heteroatoms. The van der Waals surface area contributed by atoms with Gasteiger partial charge in [-0.15, -0.1) is 0 Å². The fourth-order valence-corrected chi connectivity index (χ4v) is 2.71. The molecule has 108 valence electrons. The number of hydrogen-bond acceptors (Lipinski definition) is 3. The molecule has 0 aromatic heterocycles. The molecule has 0 bridgehead atoms. The van der Waals surface area contributed by atoms with Crippen molar-refractivity contribution in [3.8, 4) is 0 Å². The van der Waals surface area contributed by atoms with Gasteiger partial charge in [-0.3, -0.25) is 4.79 Å². The molecule has 1 fully saturated rings. The summed E-state index contributed by atoms with van der Waals surface area (Å²) >= 11 is 0. The first-order valence-electron chi connectivity index (χ1n) is 6.89. The summed E-state index contributed by atoms with van der Waals surface area (Å²) in [6.07, 6.45) is 3.25. The van der Waals surface area contributed by atoms with E-state index in [-0.39, 0.29) is 23.4 Å². The van der Waals surface area contributed by atoms with Crippen LogP contribution in [0.5, 0.6) is 0 Å². The lowest BCUT2D eigenvalue weighted by Crippen LogP contribution is -2.22. The minimum Gasteiger partial charge on any atom is -0.432 e. The monoisotopic (exact) mass is 277 g/mol. The minimum absolute atomic E-state index is 0.0680. The Morgan fingerprint density at radius 2 is 2.00 bits per heavy atom. The zero-order valence-corrected chi connectivity index (χ0v) is 11.7. The topological polar surface area (TPSA) is 52.3 Å². The van der Waals surface area contributed by atoms with Gasteiger partial charge in [0.25, 0.3) is 0 Å². The van der Waals surface area contributed by atoms with Gasteiger partial charge in [0.2, 0.25) is 0 Å². The summed E-state index contributed by atoms with van der Waals surface area (Å²) in [6.45, 7) is 5.24. The van der Waals surface area contributed by atoms with E-state index >= 15 is 0 Å². The number of allylic oxidation sites excluding steroid dienone is 1. The molecule has 0 unspecified atom stereocenters. The van der Waals surface area contributed by atoms with Crippen LogP contribution in [0.2, 0.25) is 0 Å². The second-order valence-electron chi connectivity index (χ2n) is 5.45. The fraction of sp³-hybridized carbons (Fsp3) is 0.438. The number of benzene rings is 1. The molecule has 0 heterocycles. The SMILES string of the molecule is C=C(C)OC(=O)[C@H]1CC[C@@H](c2ccc(N)c(F)c2)CC1. The van der Waals surface area contributed by atoms with Gasteiger partial charge in [-0.1, -0.05) is 12.6 Å². The van der Waals surface area contributed by atoms with E-state index in [0.29, 0.717) is 11.7 Å². The zero-order chi connectivity index (χ0) is 14.7. The molecule has 1 aromatic rings. The van der Waals surface area contributed by atoms with E-state index in [9.17, 15) is 9.18 Å². The maximum absolute atomic E-state index is 13.5. The number of carbonyl (C=O) groups excluding carboxylic acids is 1. The molecule has 1 aliphatic carbocycles. The zero-order valence-electron chi connectivity index (χ0n) is 11.7. The molecular formula is C16H20FNO2. The number of ether oxygens (including phenoxy) is 1. The molecule has 2 rings (SSSR count). The molecule has 0 saturated heterocycles. The van der Waals surface area contributed by atoms with Crippen LogP contribution in [-0.4, -0.2) is 5.97 Å². The van der Waals surface area contributed by atoms with Crippen molar-refractivity contribution in [3.05, 3.63) is 41.9 Å². The molecule has 0 aliphatic heterocycles. The van der Waals surface area contributed by atoms with Crippen molar-refractivity contribution < 1.29 is 13.9 Å². The van der Waals surface area contributed by atoms with E-state index in [1.54, 1.807) is 13.0 Å². The molecule has 0 spiro atoms. The first-order chi connectivity index (χ1) is 9.47. The molecule has 2 N–H and O–H groups in total. The summed E-state index contributed by atoms with van der Waals surface area (Å²) in [5.74, 6) is 0.0871. The quantitative estimate of drug-likeness (QED) is 0.520. The molecular weight excluding hydrogens is 257 g/mol. The van der Waals surface area contributed by atoms with Crippen LogP contribution in [0.3, 0.4) is 0 Å². The number of hydrogen-bond donors (Lipinski definition) is 1. The summed E-state index contributed by atoms with van der Waals surface area (Å²) in [6, 6.07) is 4.98. The van der Waals surface area contributed by atoms with Gasteiger partial charge < -0.3 is 10.5 Å². The number of esters is 1. The third-order valence-corrected chi connectivity index (χ3v) is 3.83. The van der Waals surface area contributed by atoms with Crippen LogP contribution in [0, 0.1) is 11.7 Å². The third kappa shape index (κ3) is 3.38. The van der Waals surface area contributed by atoms with Crippen LogP contribution >= 0.6 is 0 Å². The fourth-order valence-electron chi connectivity index (χ4n) is 2.71. The van der Waals surface area contributed by atoms with Gasteiger partial charge in [-0.05, 0) is 56.2 Å². The Labute approximate surface area is 118 Å². The Hall–Kier alpha value is -1.84. The molecule has 0 radical (unpaired) electrons. The summed E-state index contributed by atoms with van der Waals surface area (Å²) in [5, 5.41) is 0. The smallest absolute Gasteiger partial charge is 0.313 e. The van der Waals surface area contributed by atoms with E-state index in [4.69, 9.17) is 10.5 Å². The Bertz CT molecular complexity index is 519. The number of carbonyl (C=O) groups is 1. The van der Waals surface area contributed by atoms with Crippen molar-refractivity contribution in [2.24, 2.45) is 5.92 Å². The number of rotatable bonds is 3. The van der Waals surface area contributed by atoms with Gasteiger partial charge in [0.05, 0.1) is 17.4 Å². The summed E-state index contributed by atoms with van der Waals surface area (Å²) < 4.78 is 18.5. The van der Waals surface area contributed by atoms with Crippen molar-refractivity contribution in [2.45, 2.75) is 38.5 Å². The van der Waals surface area contributed by atoms with Gasteiger partial charge in [-0.2, -0.15) is 0 Å². The van der Waals surface area contributed by atoms with E-state index < -0.39 is 0 Å². The normalized spacial score (nSPS) is 22.3. The highest BCUT2D eigenvalue weighted by molar-refractivity contribution is 5.73. The average molecular weight is 277 g/mol. The highest BCUT2D eigenvalue weighted by atomic mass is 19.1. The van der Waals surface area contributed by atoms with Crippen LogP contribution in [0.1, 0.15) is 44.1 Å². The maximum Gasteiger partial charge on any atom is 0.313 e. The molecule has 1 aromatic carbocycles. The van der Waals surface area contributed by atoms with Crippen LogP contribution in [0.25, 0.3) is 0 Å². The predicted molar refractivity (Wildman–Crippen MR) is 76.4 cm³/mol. The maximum atomic E-state index is 13.5. The van der Waals surface area contributed by atoms with Crippen LogP contribution in [0.15, 0.2) is 30.5 Å². The Kier molecular flexibility index (Phi) is 4.42. The number of halogens is 1. The van der Waals surface area contributed by atoms with Gasteiger partial charge in [-0.25, -0.2) is 4.39 Å². The van der Waals surface area contributed by atoms with Crippen molar-refractivity contribution in [2.75, 3.05) is 5.73 Å². The molecule has 0 atom stereocenters.